The first kappa shape index (κ1) is 17.7. The summed E-state index contributed by atoms with van der Waals surface area (Å²) in [6, 6.07) is 0. The minimum Gasteiger partial charge on any atom is -0.463 e. The normalized spacial score (nSPS) is 29.9. The Morgan fingerprint density at radius 3 is 2.50 bits per heavy atom. The number of hydrogen-bond donors (Lipinski definition) is 1. The summed E-state index contributed by atoms with van der Waals surface area (Å²) in [7, 11) is 0. The van der Waals surface area contributed by atoms with E-state index in [2.05, 4.69) is 20.8 Å². The maximum absolute atomic E-state index is 11.1. The Morgan fingerprint density at radius 1 is 1.41 bits per heavy atom. The van der Waals surface area contributed by atoms with Gasteiger partial charge in [-0.15, -0.1) is 0 Å². The van der Waals surface area contributed by atoms with E-state index in [9.17, 15) is 9.90 Å². The first-order valence-electron chi connectivity index (χ1n) is 8.26. The minimum absolute atomic E-state index is 0.0310. The van der Waals surface area contributed by atoms with Crippen LogP contribution in [0.1, 0.15) is 60.3 Å². The van der Waals surface area contributed by atoms with Gasteiger partial charge in [0.05, 0.1) is 17.8 Å². The van der Waals surface area contributed by atoms with Crippen molar-refractivity contribution < 1.29 is 24.1 Å². The third kappa shape index (κ3) is 4.43. The fourth-order valence-corrected chi connectivity index (χ4v) is 3.10. The Bertz CT molecular complexity index is 396. The summed E-state index contributed by atoms with van der Waals surface area (Å²) in [6.45, 7) is 9.60. The summed E-state index contributed by atoms with van der Waals surface area (Å²) >= 11 is 0. The molecule has 1 aliphatic heterocycles. The van der Waals surface area contributed by atoms with E-state index in [0.29, 0.717) is 6.42 Å². The first-order chi connectivity index (χ1) is 10.1. The van der Waals surface area contributed by atoms with Gasteiger partial charge in [0.2, 0.25) is 0 Å². The van der Waals surface area contributed by atoms with Gasteiger partial charge in [0, 0.05) is 31.3 Å². The molecule has 2 rings (SSSR count). The molecule has 1 aliphatic carbocycles. The first-order valence-corrected chi connectivity index (χ1v) is 8.26. The van der Waals surface area contributed by atoms with Crippen LogP contribution in [0.15, 0.2) is 0 Å². The predicted octanol–water partition coefficient (Wildman–Crippen LogP) is 2.65. The number of ether oxygens (including phenoxy) is 3. The molecule has 4 atom stereocenters. The van der Waals surface area contributed by atoms with E-state index in [0.717, 1.165) is 19.3 Å². The van der Waals surface area contributed by atoms with Crippen molar-refractivity contribution in [2.45, 2.75) is 84.4 Å². The Balaban J connectivity index is 2.02. The van der Waals surface area contributed by atoms with E-state index < -0.39 is 0 Å². The van der Waals surface area contributed by atoms with E-state index in [1.54, 1.807) is 0 Å². The molecule has 0 aromatic heterocycles. The second-order valence-corrected chi connectivity index (χ2v) is 7.98. The quantitative estimate of drug-likeness (QED) is 0.790. The molecule has 4 unspecified atom stereocenters. The molecule has 5 nitrogen and oxygen atoms in total. The van der Waals surface area contributed by atoms with Crippen molar-refractivity contribution in [3.63, 3.8) is 0 Å². The van der Waals surface area contributed by atoms with Crippen molar-refractivity contribution >= 4 is 5.97 Å². The maximum atomic E-state index is 11.1. The molecule has 0 aromatic rings. The van der Waals surface area contributed by atoms with Crippen LogP contribution in [0.2, 0.25) is 0 Å². The second kappa shape index (κ2) is 6.46. The highest BCUT2D eigenvalue weighted by Gasteiger charge is 2.54. The van der Waals surface area contributed by atoms with Crippen LogP contribution in [-0.2, 0) is 19.0 Å². The van der Waals surface area contributed by atoms with Gasteiger partial charge in [0.25, 0.3) is 0 Å². The van der Waals surface area contributed by atoms with Gasteiger partial charge < -0.3 is 19.3 Å². The lowest BCUT2D eigenvalue weighted by atomic mass is 9.88. The molecule has 1 saturated heterocycles. The monoisotopic (exact) mass is 314 g/mol. The lowest BCUT2D eigenvalue weighted by Gasteiger charge is -2.44. The molecule has 1 N–H and O–H groups in total. The fraction of sp³-hybridized carbons (Fsp3) is 0.941. The molecule has 128 valence electrons. The topological polar surface area (TPSA) is 65.0 Å². The van der Waals surface area contributed by atoms with Gasteiger partial charge in [-0.05, 0) is 26.2 Å². The van der Waals surface area contributed by atoms with Gasteiger partial charge >= 0.3 is 5.97 Å². The number of carbonyl (C=O) groups excluding carboxylic acids is 1. The number of rotatable bonds is 5. The molecule has 2 fully saturated rings. The van der Waals surface area contributed by atoms with Gasteiger partial charge in [0.1, 0.15) is 0 Å². The molecule has 2 aliphatic rings. The van der Waals surface area contributed by atoms with Crippen molar-refractivity contribution in [3.05, 3.63) is 0 Å². The van der Waals surface area contributed by atoms with E-state index in [-0.39, 0.29) is 48.0 Å². The zero-order valence-corrected chi connectivity index (χ0v) is 14.4. The van der Waals surface area contributed by atoms with Crippen molar-refractivity contribution in [1.82, 2.24) is 0 Å². The highest BCUT2D eigenvalue weighted by Crippen LogP contribution is 2.51. The summed E-state index contributed by atoms with van der Waals surface area (Å²) in [6.07, 6.45) is 3.03. The molecular weight excluding hydrogens is 284 g/mol. The summed E-state index contributed by atoms with van der Waals surface area (Å²) in [5.41, 5.74) is -0.158. The average molecular weight is 314 g/mol. The number of esters is 1. The van der Waals surface area contributed by atoms with Crippen LogP contribution in [0.4, 0.5) is 0 Å². The third-order valence-electron chi connectivity index (χ3n) is 4.51. The second-order valence-electron chi connectivity index (χ2n) is 7.98. The van der Waals surface area contributed by atoms with Crippen LogP contribution >= 0.6 is 0 Å². The highest BCUT2D eigenvalue weighted by molar-refractivity contribution is 5.66. The van der Waals surface area contributed by atoms with Gasteiger partial charge in [-0.1, -0.05) is 20.8 Å². The molecule has 1 saturated carbocycles. The molecule has 5 heteroatoms. The van der Waals surface area contributed by atoms with Crippen molar-refractivity contribution in [3.8, 4) is 0 Å². The molecule has 1 spiro atoms. The van der Waals surface area contributed by atoms with E-state index in [1.807, 2.05) is 6.92 Å². The predicted molar refractivity (Wildman–Crippen MR) is 82.2 cm³/mol. The lowest BCUT2D eigenvalue weighted by Crippen LogP contribution is -2.49. The van der Waals surface area contributed by atoms with Crippen molar-refractivity contribution in [2.75, 3.05) is 6.61 Å². The molecule has 0 bridgehead atoms. The fourth-order valence-electron chi connectivity index (χ4n) is 3.10. The zero-order chi connectivity index (χ0) is 16.5. The van der Waals surface area contributed by atoms with Crippen molar-refractivity contribution in [2.24, 2.45) is 11.3 Å². The average Bonchev–Trinajstić information content (AvgIpc) is 3.12. The van der Waals surface area contributed by atoms with Gasteiger partial charge in [-0.3, -0.25) is 4.79 Å². The van der Waals surface area contributed by atoms with Crippen LogP contribution < -0.4 is 0 Å². The smallest absolute Gasteiger partial charge is 0.302 e. The Kier molecular flexibility index (Phi) is 5.20. The molecular formula is C17H30O5. The standard InChI is InChI=1S/C17H30O5/c1-11(20-12(2)19)8-13(10-18)14-9-17(6-7-17)22-15(21-14)16(3,4)5/h11,13-15,18H,6-10H2,1-5H3. The number of aliphatic hydroxyl groups is 1. The third-order valence-corrected chi connectivity index (χ3v) is 4.51. The van der Waals surface area contributed by atoms with E-state index in [4.69, 9.17) is 14.2 Å². The van der Waals surface area contributed by atoms with Gasteiger partial charge in [-0.25, -0.2) is 0 Å². The Hall–Kier alpha value is -0.650. The van der Waals surface area contributed by atoms with E-state index in [1.165, 1.54) is 6.92 Å². The molecule has 0 amide bonds. The van der Waals surface area contributed by atoms with Crippen LogP contribution in [0.5, 0.6) is 0 Å². The van der Waals surface area contributed by atoms with Crippen LogP contribution in [0.25, 0.3) is 0 Å². The van der Waals surface area contributed by atoms with Gasteiger partial charge in [-0.2, -0.15) is 0 Å². The Morgan fingerprint density at radius 2 is 2.05 bits per heavy atom. The summed E-state index contributed by atoms with van der Waals surface area (Å²) < 4.78 is 17.5. The molecule has 0 radical (unpaired) electrons. The van der Waals surface area contributed by atoms with Crippen LogP contribution in [0.3, 0.4) is 0 Å². The van der Waals surface area contributed by atoms with Crippen LogP contribution in [0, 0.1) is 11.3 Å². The highest BCUT2D eigenvalue weighted by atomic mass is 16.7. The van der Waals surface area contributed by atoms with Crippen molar-refractivity contribution in [1.29, 1.82) is 0 Å². The number of hydrogen-bond acceptors (Lipinski definition) is 5. The summed E-state index contributed by atoms with van der Waals surface area (Å²) in [4.78, 5) is 11.1. The largest absolute Gasteiger partial charge is 0.463 e. The molecule has 22 heavy (non-hydrogen) atoms. The van der Waals surface area contributed by atoms with Gasteiger partial charge in [0.15, 0.2) is 6.29 Å². The number of carbonyl (C=O) groups is 1. The van der Waals surface area contributed by atoms with Crippen LogP contribution in [-0.4, -0.2) is 41.8 Å². The summed E-state index contributed by atoms with van der Waals surface area (Å²) in [5.74, 6) is -0.330. The zero-order valence-electron chi connectivity index (χ0n) is 14.4. The minimum atomic E-state index is -0.289. The number of aliphatic hydroxyl groups excluding tert-OH is 1. The van der Waals surface area contributed by atoms with E-state index >= 15 is 0 Å². The maximum Gasteiger partial charge on any atom is 0.302 e. The molecule has 1 heterocycles. The Labute approximate surface area is 133 Å². The lowest BCUT2D eigenvalue weighted by molar-refractivity contribution is -0.299. The molecule has 0 aromatic carbocycles. The summed E-state index contributed by atoms with van der Waals surface area (Å²) in [5, 5.41) is 9.78. The SMILES string of the molecule is CC(=O)OC(C)CC(CO)C1CC2(CC2)OC(C(C)(C)C)O1.